The summed E-state index contributed by atoms with van der Waals surface area (Å²) in [5, 5.41) is 12.1. The number of halogens is 3. The molecule has 2 aromatic heterocycles. The molecule has 8 heteroatoms. The molecule has 2 aromatic rings. The summed E-state index contributed by atoms with van der Waals surface area (Å²) in [6, 6.07) is 4.36. The number of nitrogens with zero attached hydrogens (tertiary/aromatic N) is 2. The highest BCUT2D eigenvalue weighted by Crippen LogP contribution is 2.28. The lowest BCUT2D eigenvalue weighted by atomic mass is 10.0. The van der Waals surface area contributed by atoms with E-state index in [2.05, 4.69) is 15.3 Å². The quantitative estimate of drug-likeness (QED) is 0.902. The van der Waals surface area contributed by atoms with Crippen LogP contribution in [0, 0.1) is 11.3 Å². The third kappa shape index (κ3) is 3.40. The molecule has 0 aliphatic heterocycles. The molecule has 1 aliphatic carbocycles. The normalized spacial score (nSPS) is 14.2. The Morgan fingerprint density at radius 1 is 1.42 bits per heavy atom. The van der Waals surface area contributed by atoms with Gasteiger partial charge in [0.1, 0.15) is 17.5 Å². The largest absolute Gasteiger partial charge is 0.433 e. The van der Waals surface area contributed by atoms with Crippen molar-refractivity contribution in [2.24, 2.45) is 0 Å². The lowest BCUT2D eigenvalue weighted by Crippen LogP contribution is -2.26. The van der Waals surface area contributed by atoms with Crippen LogP contribution in [0.3, 0.4) is 0 Å². The maximum Gasteiger partial charge on any atom is 0.433 e. The summed E-state index contributed by atoms with van der Waals surface area (Å²) >= 11 is 0. The van der Waals surface area contributed by atoms with Crippen molar-refractivity contribution in [1.82, 2.24) is 15.3 Å². The van der Waals surface area contributed by atoms with Crippen LogP contribution in [-0.4, -0.2) is 21.9 Å². The van der Waals surface area contributed by atoms with Crippen molar-refractivity contribution in [2.75, 3.05) is 0 Å². The first-order valence-corrected chi connectivity index (χ1v) is 7.32. The van der Waals surface area contributed by atoms with Gasteiger partial charge in [0.2, 0.25) is 0 Å². The maximum absolute atomic E-state index is 12.5. The molecule has 5 nitrogen and oxygen atoms in total. The highest BCUT2D eigenvalue weighted by Gasteiger charge is 2.32. The molecule has 2 N–H and O–H groups in total. The zero-order valence-corrected chi connectivity index (χ0v) is 12.4. The van der Waals surface area contributed by atoms with Crippen molar-refractivity contribution in [2.45, 2.75) is 31.5 Å². The van der Waals surface area contributed by atoms with E-state index in [0.717, 1.165) is 25.1 Å². The van der Waals surface area contributed by atoms with Gasteiger partial charge in [-0.2, -0.15) is 18.4 Å². The summed E-state index contributed by atoms with van der Waals surface area (Å²) in [5.41, 5.74) is 0.477. The van der Waals surface area contributed by atoms with Crippen LogP contribution in [-0.2, 0) is 12.6 Å². The van der Waals surface area contributed by atoms with E-state index < -0.39 is 11.9 Å². The highest BCUT2D eigenvalue weighted by atomic mass is 19.4. The zero-order valence-electron chi connectivity index (χ0n) is 12.4. The minimum atomic E-state index is -4.49. The smallest absolute Gasteiger partial charge is 0.356 e. The molecular formula is C16H13F3N4O. The van der Waals surface area contributed by atoms with Crippen molar-refractivity contribution in [3.63, 3.8) is 0 Å². The first-order chi connectivity index (χ1) is 11.4. The topological polar surface area (TPSA) is 81.6 Å². The zero-order chi connectivity index (χ0) is 17.3. The second-order valence-corrected chi connectivity index (χ2v) is 5.65. The van der Waals surface area contributed by atoms with Gasteiger partial charge in [0.15, 0.2) is 0 Å². The third-order valence-electron chi connectivity index (χ3n) is 3.72. The minimum Gasteiger partial charge on any atom is -0.356 e. The van der Waals surface area contributed by atoms with Gasteiger partial charge >= 0.3 is 6.18 Å². The Bertz CT molecular complexity index is 798. The van der Waals surface area contributed by atoms with E-state index in [9.17, 15) is 23.2 Å². The molecule has 0 unspecified atom stereocenters. The fourth-order valence-corrected chi connectivity index (χ4v) is 2.31. The number of nitriles is 1. The molecule has 24 heavy (non-hydrogen) atoms. The summed E-state index contributed by atoms with van der Waals surface area (Å²) in [7, 11) is 0. The number of hydrogen-bond donors (Lipinski definition) is 2. The van der Waals surface area contributed by atoms with E-state index in [-0.39, 0.29) is 29.6 Å². The van der Waals surface area contributed by atoms with Crippen molar-refractivity contribution in [1.29, 1.82) is 5.26 Å². The molecule has 0 spiro atoms. The van der Waals surface area contributed by atoms with Crippen LogP contribution in [0.2, 0.25) is 0 Å². The van der Waals surface area contributed by atoms with E-state index in [1.54, 1.807) is 0 Å². The standard InChI is InChI=1S/C16H13F3N4O/c17-16(18,19)13-4-1-9(7-21-13)5-10-8-22-14(12(10)6-20)15(24)23-11-2-3-11/h1,4,7-8,11,22H,2-3,5H2,(H,23,24). The number of aromatic nitrogens is 2. The molecule has 1 amide bonds. The van der Waals surface area contributed by atoms with Crippen LogP contribution in [0.4, 0.5) is 13.2 Å². The number of rotatable bonds is 4. The Morgan fingerprint density at radius 2 is 2.17 bits per heavy atom. The van der Waals surface area contributed by atoms with Gasteiger partial charge in [-0.3, -0.25) is 9.78 Å². The number of hydrogen-bond acceptors (Lipinski definition) is 3. The molecule has 1 saturated carbocycles. The van der Waals surface area contributed by atoms with Crippen LogP contribution in [0.1, 0.15) is 45.7 Å². The van der Waals surface area contributed by atoms with Crippen LogP contribution in [0.5, 0.6) is 0 Å². The first-order valence-electron chi connectivity index (χ1n) is 7.32. The summed E-state index contributed by atoms with van der Waals surface area (Å²) in [5.74, 6) is -0.342. The number of carbonyl (C=O) groups excluding carboxylic acids is 1. The molecule has 2 heterocycles. The summed E-state index contributed by atoms with van der Waals surface area (Å²) in [6.45, 7) is 0. The van der Waals surface area contributed by atoms with Crippen molar-refractivity contribution in [3.8, 4) is 6.07 Å². The molecule has 0 radical (unpaired) electrons. The van der Waals surface area contributed by atoms with Gasteiger partial charge < -0.3 is 10.3 Å². The van der Waals surface area contributed by atoms with Gasteiger partial charge in [-0.05, 0) is 30.0 Å². The van der Waals surface area contributed by atoms with Crippen LogP contribution >= 0.6 is 0 Å². The first kappa shape index (κ1) is 16.1. The number of amides is 1. The fourth-order valence-electron chi connectivity index (χ4n) is 2.31. The molecule has 0 aromatic carbocycles. The number of H-pyrrole nitrogens is 1. The second kappa shape index (κ2) is 6.00. The Labute approximate surface area is 135 Å². The SMILES string of the molecule is N#Cc1c(Cc2ccc(C(F)(F)F)nc2)c[nH]c1C(=O)NC1CC1. The van der Waals surface area contributed by atoms with E-state index >= 15 is 0 Å². The number of alkyl halides is 3. The number of nitrogens with one attached hydrogen (secondary N) is 2. The van der Waals surface area contributed by atoms with E-state index in [0.29, 0.717) is 11.1 Å². The van der Waals surface area contributed by atoms with Gasteiger partial charge in [0.25, 0.3) is 5.91 Å². The summed E-state index contributed by atoms with van der Waals surface area (Å²) in [4.78, 5) is 18.2. The third-order valence-corrected chi connectivity index (χ3v) is 3.72. The maximum atomic E-state index is 12.5. The van der Waals surface area contributed by atoms with E-state index in [1.165, 1.54) is 12.3 Å². The number of aromatic amines is 1. The van der Waals surface area contributed by atoms with Gasteiger partial charge in [-0.25, -0.2) is 0 Å². The molecule has 1 aliphatic rings. The van der Waals surface area contributed by atoms with Crippen LogP contribution < -0.4 is 5.32 Å². The molecule has 0 atom stereocenters. The predicted octanol–water partition coefficient (Wildman–Crippen LogP) is 2.78. The molecule has 0 saturated heterocycles. The van der Waals surface area contributed by atoms with Crippen LogP contribution in [0.15, 0.2) is 24.5 Å². The van der Waals surface area contributed by atoms with E-state index in [4.69, 9.17) is 0 Å². The van der Waals surface area contributed by atoms with Gasteiger partial charge in [-0.1, -0.05) is 6.07 Å². The van der Waals surface area contributed by atoms with Crippen molar-refractivity contribution in [3.05, 3.63) is 52.6 Å². The Morgan fingerprint density at radius 3 is 2.71 bits per heavy atom. The molecule has 1 fully saturated rings. The van der Waals surface area contributed by atoms with Gasteiger partial charge in [0, 0.05) is 24.9 Å². The Kier molecular flexibility index (Phi) is 4.01. The van der Waals surface area contributed by atoms with Crippen molar-refractivity contribution < 1.29 is 18.0 Å². The monoisotopic (exact) mass is 334 g/mol. The lowest BCUT2D eigenvalue weighted by molar-refractivity contribution is -0.141. The number of pyridine rings is 1. The predicted molar refractivity (Wildman–Crippen MR) is 78.0 cm³/mol. The Hall–Kier alpha value is -2.82. The average molecular weight is 334 g/mol. The van der Waals surface area contributed by atoms with Gasteiger partial charge in [-0.15, -0.1) is 0 Å². The average Bonchev–Trinajstić information content (AvgIpc) is 3.25. The molecule has 0 bridgehead atoms. The lowest BCUT2D eigenvalue weighted by Gasteiger charge is -2.06. The Balaban J connectivity index is 1.79. The van der Waals surface area contributed by atoms with E-state index in [1.807, 2.05) is 6.07 Å². The van der Waals surface area contributed by atoms with Crippen LogP contribution in [0.25, 0.3) is 0 Å². The minimum absolute atomic E-state index is 0.162. The molecular weight excluding hydrogens is 321 g/mol. The highest BCUT2D eigenvalue weighted by molar-refractivity contribution is 5.95. The second-order valence-electron chi connectivity index (χ2n) is 5.65. The fraction of sp³-hybridized carbons (Fsp3) is 0.312. The molecule has 3 rings (SSSR count). The summed E-state index contributed by atoms with van der Waals surface area (Å²) in [6.07, 6.45) is 0.232. The van der Waals surface area contributed by atoms with Crippen molar-refractivity contribution >= 4 is 5.91 Å². The van der Waals surface area contributed by atoms with Gasteiger partial charge in [0.05, 0.1) is 5.56 Å². The molecule has 124 valence electrons. The number of carbonyl (C=O) groups is 1. The summed E-state index contributed by atoms with van der Waals surface area (Å²) < 4.78 is 37.5.